The Bertz CT molecular complexity index is 237. The third-order valence-corrected chi connectivity index (χ3v) is 4.31. The van der Waals surface area contributed by atoms with Crippen LogP contribution in [-0.2, 0) is 4.79 Å². The lowest BCUT2D eigenvalue weighted by molar-refractivity contribution is -0.137. The Kier molecular flexibility index (Phi) is 4.25. The summed E-state index contributed by atoms with van der Waals surface area (Å²) in [5.74, 6) is 1.26. The maximum absolute atomic E-state index is 12.1. The van der Waals surface area contributed by atoms with Crippen molar-refractivity contribution in [3.8, 4) is 0 Å². The van der Waals surface area contributed by atoms with Gasteiger partial charge in [0.05, 0.1) is 0 Å². The predicted molar refractivity (Wildman–Crippen MR) is 66.2 cm³/mol. The molecule has 16 heavy (non-hydrogen) atoms. The van der Waals surface area contributed by atoms with Crippen LogP contribution in [0.3, 0.4) is 0 Å². The molecule has 0 radical (unpaired) electrons. The van der Waals surface area contributed by atoms with Gasteiger partial charge in [0.25, 0.3) is 0 Å². The van der Waals surface area contributed by atoms with Gasteiger partial charge in [0, 0.05) is 19.0 Å². The van der Waals surface area contributed by atoms with Crippen molar-refractivity contribution in [2.75, 3.05) is 6.54 Å². The van der Waals surface area contributed by atoms with E-state index in [1.54, 1.807) is 0 Å². The molecule has 2 rings (SSSR count). The number of nitrogens with zero attached hydrogens (tertiary/aromatic N) is 1. The van der Waals surface area contributed by atoms with Crippen LogP contribution in [0.2, 0.25) is 0 Å². The van der Waals surface area contributed by atoms with Crippen LogP contribution < -0.4 is 0 Å². The summed E-state index contributed by atoms with van der Waals surface area (Å²) in [5, 5.41) is 0. The second-order valence-corrected chi connectivity index (χ2v) is 5.44. The SMILES string of the molecule is CCCCC(=O)N1CCCC2CCCCC21. The Balaban J connectivity index is 1.93. The van der Waals surface area contributed by atoms with Crippen molar-refractivity contribution in [2.45, 2.75) is 70.8 Å². The number of rotatable bonds is 3. The molecule has 1 amide bonds. The highest BCUT2D eigenvalue weighted by molar-refractivity contribution is 5.76. The van der Waals surface area contributed by atoms with E-state index in [1.807, 2.05) is 0 Å². The second-order valence-electron chi connectivity index (χ2n) is 5.44. The molecule has 2 heteroatoms. The summed E-state index contributed by atoms with van der Waals surface area (Å²) in [6, 6.07) is 0.604. The predicted octanol–water partition coefficient (Wildman–Crippen LogP) is 3.36. The molecular formula is C14H25NO. The van der Waals surface area contributed by atoms with Crippen molar-refractivity contribution in [3.63, 3.8) is 0 Å². The fraction of sp³-hybridized carbons (Fsp3) is 0.929. The molecule has 0 aromatic heterocycles. The van der Waals surface area contributed by atoms with E-state index in [0.29, 0.717) is 11.9 Å². The third-order valence-electron chi connectivity index (χ3n) is 4.31. The molecule has 1 saturated carbocycles. The molecule has 1 saturated heterocycles. The van der Waals surface area contributed by atoms with E-state index in [4.69, 9.17) is 0 Å². The number of hydrogen-bond donors (Lipinski definition) is 0. The van der Waals surface area contributed by atoms with Gasteiger partial charge in [0.15, 0.2) is 0 Å². The van der Waals surface area contributed by atoms with E-state index in [0.717, 1.165) is 31.7 Å². The zero-order chi connectivity index (χ0) is 11.4. The van der Waals surface area contributed by atoms with Gasteiger partial charge in [-0.05, 0) is 38.0 Å². The standard InChI is InChI=1S/C14H25NO/c1-2-3-10-14(16)15-11-6-8-12-7-4-5-9-13(12)15/h12-13H,2-11H2,1H3. The first-order valence-corrected chi connectivity index (χ1v) is 7.12. The maximum atomic E-state index is 12.1. The van der Waals surface area contributed by atoms with Crippen molar-refractivity contribution < 1.29 is 4.79 Å². The Morgan fingerprint density at radius 3 is 2.75 bits per heavy atom. The molecular weight excluding hydrogens is 198 g/mol. The van der Waals surface area contributed by atoms with Crippen LogP contribution in [0.15, 0.2) is 0 Å². The number of unbranched alkanes of at least 4 members (excludes halogenated alkanes) is 1. The highest BCUT2D eigenvalue weighted by Gasteiger charge is 2.35. The van der Waals surface area contributed by atoms with Crippen LogP contribution in [0.4, 0.5) is 0 Å². The molecule has 1 aliphatic carbocycles. The van der Waals surface area contributed by atoms with Crippen molar-refractivity contribution in [1.29, 1.82) is 0 Å². The minimum Gasteiger partial charge on any atom is -0.339 e. The lowest BCUT2D eigenvalue weighted by Crippen LogP contribution is -2.49. The molecule has 0 aromatic rings. The molecule has 1 heterocycles. The number of amides is 1. The average Bonchev–Trinajstić information content (AvgIpc) is 2.35. The van der Waals surface area contributed by atoms with E-state index in [-0.39, 0.29) is 0 Å². The second kappa shape index (κ2) is 5.70. The van der Waals surface area contributed by atoms with E-state index in [9.17, 15) is 4.79 Å². The fourth-order valence-corrected chi connectivity index (χ4v) is 3.41. The van der Waals surface area contributed by atoms with Gasteiger partial charge in [-0.15, -0.1) is 0 Å². The summed E-state index contributed by atoms with van der Waals surface area (Å²) in [6.45, 7) is 3.19. The topological polar surface area (TPSA) is 20.3 Å². The normalized spacial score (nSPS) is 29.9. The molecule has 2 fully saturated rings. The zero-order valence-corrected chi connectivity index (χ0v) is 10.6. The summed E-state index contributed by atoms with van der Waals surface area (Å²) >= 11 is 0. The highest BCUT2D eigenvalue weighted by Crippen LogP contribution is 2.35. The van der Waals surface area contributed by atoms with Gasteiger partial charge in [-0.3, -0.25) is 4.79 Å². The summed E-state index contributed by atoms with van der Waals surface area (Å²) in [4.78, 5) is 14.4. The molecule has 1 aliphatic heterocycles. The largest absolute Gasteiger partial charge is 0.339 e. The smallest absolute Gasteiger partial charge is 0.222 e. The number of fused-ring (bicyclic) bond motifs is 1. The summed E-state index contributed by atoms with van der Waals surface area (Å²) in [7, 11) is 0. The van der Waals surface area contributed by atoms with Gasteiger partial charge < -0.3 is 4.90 Å². The minimum atomic E-state index is 0.429. The molecule has 2 unspecified atom stereocenters. The number of piperidine rings is 1. The van der Waals surface area contributed by atoms with Crippen molar-refractivity contribution in [2.24, 2.45) is 5.92 Å². The van der Waals surface area contributed by atoms with E-state index in [2.05, 4.69) is 11.8 Å². The fourth-order valence-electron chi connectivity index (χ4n) is 3.41. The first kappa shape index (κ1) is 11.9. The van der Waals surface area contributed by atoms with E-state index >= 15 is 0 Å². The van der Waals surface area contributed by atoms with Crippen molar-refractivity contribution in [3.05, 3.63) is 0 Å². The molecule has 2 nitrogen and oxygen atoms in total. The van der Waals surface area contributed by atoms with Crippen molar-refractivity contribution >= 4 is 5.91 Å². The summed E-state index contributed by atoms with van der Waals surface area (Å²) < 4.78 is 0. The highest BCUT2D eigenvalue weighted by atomic mass is 16.2. The molecule has 0 aromatic carbocycles. The lowest BCUT2D eigenvalue weighted by Gasteiger charge is -2.44. The van der Waals surface area contributed by atoms with E-state index in [1.165, 1.54) is 38.5 Å². The molecule has 0 bridgehead atoms. The van der Waals surface area contributed by atoms with Gasteiger partial charge in [-0.25, -0.2) is 0 Å². The van der Waals surface area contributed by atoms with Gasteiger partial charge >= 0.3 is 0 Å². The van der Waals surface area contributed by atoms with Crippen molar-refractivity contribution in [1.82, 2.24) is 4.90 Å². The lowest BCUT2D eigenvalue weighted by atomic mass is 9.78. The Labute approximate surface area is 99.4 Å². The first-order chi connectivity index (χ1) is 7.83. The Hall–Kier alpha value is -0.530. The van der Waals surface area contributed by atoms with Gasteiger partial charge in [-0.1, -0.05) is 26.2 Å². The molecule has 0 N–H and O–H groups in total. The Morgan fingerprint density at radius 2 is 1.94 bits per heavy atom. The monoisotopic (exact) mass is 223 g/mol. The van der Waals surface area contributed by atoms with Crippen LogP contribution in [0.25, 0.3) is 0 Å². The van der Waals surface area contributed by atoms with Crippen LogP contribution >= 0.6 is 0 Å². The number of carbonyl (C=O) groups excluding carboxylic acids is 1. The van der Waals surface area contributed by atoms with Gasteiger partial charge in [0.1, 0.15) is 0 Å². The Morgan fingerprint density at radius 1 is 1.19 bits per heavy atom. The number of carbonyl (C=O) groups is 1. The van der Waals surface area contributed by atoms with Gasteiger partial charge in [-0.2, -0.15) is 0 Å². The minimum absolute atomic E-state index is 0.429. The first-order valence-electron chi connectivity index (χ1n) is 7.12. The van der Waals surface area contributed by atoms with Crippen LogP contribution in [0.5, 0.6) is 0 Å². The average molecular weight is 223 g/mol. The number of hydrogen-bond acceptors (Lipinski definition) is 1. The number of likely N-dealkylation sites (tertiary alicyclic amines) is 1. The molecule has 0 spiro atoms. The molecule has 2 aliphatic rings. The van der Waals surface area contributed by atoms with Crippen LogP contribution in [-0.4, -0.2) is 23.4 Å². The molecule has 92 valence electrons. The third kappa shape index (κ3) is 2.58. The summed E-state index contributed by atoms with van der Waals surface area (Å²) in [6.07, 6.45) is 10.9. The van der Waals surface area contributed by atoms with Crippen LogP contribution in [0, 0.1) is 5.92 Å². The van der Waals surface area contributed by atoms with E-state index < -0.39 is 0 Å². The summed E-state index contributed by atoms with van der Waals surface area (Å²) in [5.41, 5.74) is 0. The van der Waals surface area contributed by atoms with Crippen LogP contribution in [0.1, 0.15) is 64.7 Å². The zero-order valence-electron chi connectivity index (χ0n) is 10.6. The van der Waals surface area contributed by atoms with Gasteiger partial charge in [0.2, 0.25) is 5.91 Å². The maximum Gasteiger partial charge on any atom is 0.222 e. The molecule has 2 atom stereocenters. The quantitative estimate of drug-likeness (QED) is 0.718.